The van der Waals surface area contributed by atoms with E-state index in [0.29, 0.717) is 0 Å². The van der Waals surface area contributed by atoms with Crippen LogP contribution in [0.1, 0.15) is 24.1 Å². The molecule has 1 atom stereocenters. The predicted octanol–water partition coefficient (Wildman–Crippen LogP) is 5.83. The van der Waals surface area contributed by atoms with Crippen LogP contribution in [-0.2, 0) is 6.18 Å². The number of hydrogen-bond donors (Lipinski definition) is 1. The van der Waals surface area contributed by atoms with Gasteiger partial charge in [-0.05, 0) is 41.5 Å². The van der Waals surface area contributed by atoms with E-state index in [1.165, 1.54) is 12.1 Å². The van der Waals surface area contributed by atoms with Crippen molar-refractivity contribution in [2.45, 2.75) is 19.1 Å². The number of nitrogens with one attached hydrogen (secondary N) is 1. The topological polar surface area (TPSA) is 12.0 Å². The van der Waals surface area contributed by atoms with Crippen molar-refractivity contribution in [3.8, 4) is 0 Å². The van der Waals surface area contributed by atoms with E-state index in [1.54, 1.807) is 0 Å². The monoisotopic (exact) mass is 314 g/mol. The highest BCUT2D eigenvalue weighted by Crippen LogP contribution is 2.36. The fourth-order valence-electron chi connectivity index (χ4n) is 2.73. The molecule has 0 unspecified atom stereocenters. The van der Waals surface area contributed by atoms with Crippen LogP contribution in [0.5, 0.6) is 0 Å². The molecule has 0 saturated heterocycles. The molecule has 4 heteroatoms. The zero-order chi connectivity index (χ0) is 16.4. The minimum absolute atomic E-state index is 0.0664. The van der Waals surface area contributed by atoms with Crippen LogP contribution in [0.4, 0.5) is 18.9 Å². The van der Waals surface area contributed by atoms with E-state index in [1.807, 2.05) is 49.4 Å². The molecule has 1 N–H and O–H groups in total. The second-order valence-electron chi connectivity index (χ2n) is 5.40. The molecule has 0 saturated carbocycles. The molecule has 117 valence electrons. The van der Waals surface area contributed by atoms with Crippen LogP contribution in [0.25, 0.3) is 10.8 Å². The second kappa shape index (κ2) is 5.95. The summed E-state index contributed by atoms with van der Waals surface area (Å²) in [6.45, 7) is 1.86. The first-order valence-corrected chi connectivity index (χ1v) is 7.28. The Kier molecular flexibility index (Phi) is 3.99. The molecule has 0 heterocycles. The van der Waals surface area contributed by atoms with Crippen LogP contribution in [-0.4, -0.2) is 0 Å². The molecular formula is C19H15F3N. The Bertz CT molecular complexity index is 819. The average Bonchev–Trinajstić information content (AvgIpc) is 2.54. The maximum atomic E-state index is 13.1. The minimum atomic E-state index is -4.40. The van der Waals surface area contributed by atoms with Gasteiger partial charge in [0.25, 0.3) is 0 Å². The number of halogens is 3. The summed E-state index contributed by atoms with van der Waals surface area (Å²) in [6.07, 6.45) is -4.40. The predicted molar refractivity (Wildman–Crippen MR) is 86.3 cm³/mol. The Morgan fingerprint density at radius 3 is 2.52 bits per heavy atom. The first-order chi connectivity index (χ1) is 11.0. The number of alkyl halides is 3. The quantitative estimate of drug-likeness (QED) is 0.641. The molecule has 0 aliphatic carbocycles. The third kappa shape index (κ3) is 3.16. The van der Waals surface area contributed by atoms with Gasteiger partial charge >= 0.3 is 6.18 Å². The standard InChI is InChI=1S/C19H15F3N/c1-13(15-10-6-8-14-7-2-3-9-16(14)15)23-18-12-5-4-11-17(18)19(20,21)22/h2-3,5-13,23H,1H3/t13-/m1/s1. The summed E-state index contributed by atoms with van der Waals surface area (Å²) in [5.74, 6) is 0. The van der Waals surface area contributed by atoms with Gasteiger partial charge in [-0.25, -0.2) is 0 Å². The van der Waals surface area contributed by atoms with E-state index in [0.717, 1.165) is 22.4 Å². The normalized spacial score (nSPS) is 13.0. The van der Waals surface area contributed by atoms with Crippen molar-refractivity contribution < 1.29 is 13.2 Å². The first kappa shape index (κ1) is 15.4. The lowest BCUT2D eigenvalue weighted by Crippen LogP contribution is -2.13. The molecule has 3 aromatic carbocycles. The van der Waals surface area contributed by atoms with Gasteiger partial charge in [-0.2, -0.15) is 13.2 Å². The zero-order valence-electron chi connectivity index (χ0n) is 12.5. The number of hydrogen-bond acceptors (Lipinski definition) is 1. The van der Waals surface area contributed by atoms with Crippen molar-refractivity contribution in [1.82, 2.24) is 0 Å². The summed E-state index contributed by atoms with van der Waals surface area (Å²) in [4.78, 5) is 0. The minimum Gasteiger partial charge on any atom is -0.378 e. The van der Waals surface area contributed by atoms with Crippen LogP contribution in [0.15, 0.2) is 60.7 Å². The third-order valence-electron chi connectivity index (χ3n) is 3.83. The van der Waals surface area contributed by atoms with Crippen molar-refractivity contribution in [1.29, 1.82) is 0 Å². The Balaban J connectivity index is 1.98. The highest BCUT2D eigenvalue weighted by atomic mass is 19.4. The van der Waals surface area contributed by atoms with Gasteiger partial charge < -0.3 is 5.32 Å². The number of benzene rings is 3. The van der Waals surface area contributed by atoms with Crippen LogP contribution >= 0.6 is 0 Å². The van der Waals surface area contributed by atoms with Crippen molar-refractivity contribution in [2.75, 3.05) is 5.32 Å². The van der Waals surface area contributed by atoms with Crippen molar-refractivity contribution >= 4 is 16.5 Å². The van der Waals surface area contributed by atoms with Gasteiger partial charge in [0, 0.05) is 11.7 Å². The Hall–Kier alpha value is -2.49. The Morgan fingerprint density at radius 2 is 1.74 bits per heavy atom. The fourth-order valence-corrected chi connectivity index (χ4v) is 2.73. The highest BCUT2D eigenvalue weighted by molar-refractivity contribution is 5.86. The molecule has 0 amide bonds. The van der Waals surface area contributed by atoms with E-state index >= 15 is 0 Å². The average molecular weight is 314 g/mol. The summed E-state index contributed by atoms with van der Waals surface area (Å²) in [6, 6.07) is 19.8. The molecule has 23 heavy (non-hydrogen) atoms. The maximum Gasteiger partial charge on any atom is 0.418 e. The van der Waals surface area contributed by atoms with Gasteiger partial charge in [0.05, 0.1) is 5.56 Å². The lowest BCUT2D eigenvalue weighted by molar-refractivity contribution is -0.137. The summed E-state index contributed by atoms with van der Waals surface area (Å²) < 4.78 is 39.3. The lowest BCUT2D eigenvalue weighted by Gasteiger charge is -2.21. The molecule has 0 aliphatic heterocycles. The second-order valence-corrected chi connectivity index (χ2v) is 5.40. The summed E-state index contributed by atoms with van der Waals surface area (Å²) in [7, 11) is 0. The van der Waals surface area contributed by atoms with E-state index in [-0.39, 0.29) is 11.7 Å². The van der Waals surface area contributed by atoms with E-state index in [2.05, 4.69) is 11.4 Å². The molecule has 0 aromatic heterocycles. The van der Waals surface area contributed by atoms with Crippen LogP contribution in [0.3, 0.4) is 0 Å². The summed E-state index contributed by atoms with van der Waals surface area (Å²) in [5, 5.41) is 5.08. The van der Waals surface area contributed by atoms with Gasteiger partial charge in [-0.3, -0.25) is 0 Å². The molecule has 0 aliphatic rings. The number of fused-ring (bicyclic) bond motifs is 1. The zero-order valence-corrected chi connectivity index (χ0v) is 12.5. The SMILES string of the molecule is C[C@@H](Nc1cc[c]cc1C(F)(F)F)c1cccc2ccccc12. The van der Waals surface area contributed by atoms with Gasteiger partial charge in [0.1, 0.15) is 0 Å². The molecule has 3 aromatic rings. The molecule has 0 bridgehead atoms. The summed E-state index contributed by atoms with van der Waals surface area (Å²) in [5.41, 5.74) is 0.327. The number of rotatable bonds is 3. The highest BCUT2D eigenvalue weighted by Gasteiger charge is 2.33. The van der Waals surface area contributed by atoms with E-state index in [4.69, 9.17) is 0 Å². The lowest BCUT2D eigenvalue weighted by atomic mass is 9.99. The molecule has 0 spiro atoms. The van der Waals surface area contributed by atoms with Crippen molar-refractivity contribution in [2.24, 2.45) is 0 Å². The third-order valence-corrected chi connectivity index (χ3v) is 3.83. The number of anilines is 1. The van der Waals surface area contributed by atoms with E-state index in [9.17, 15) is 13.2 Å². The van der Waals surface area contributed by atoms with Gasteiger partial charge in [-0.15, -0.1) is 0 Å². The molecular weight excluding hydrogens is 299 g/mol. The molecule has 1 radical (unpaired) electrons. The molecule has 1 nitrogen and oxygen atoms in total. The Labute approximate surface area is 132 Å². The van der Waals surface area contributed by atoms with Crippen LogP contribution in [0.2, 0.25) is 0 Å². The fraction of sp³-hybridized carbons (Fsp3) is 0.158. The van der Waals surface area contributed by atoms with Gasteiger partial charge in [0.2, 0.25) is 0 Å². The van der Waals surface area contributed by atoms with Crippen molar-refractivity contribution in [3.63, 3.8) is 0 Å². The molecule has 0 fully saturated rings. The van der Waals surface area contributed by atoms with Crippen molar-refractivity contribution in [3.05, 3.63) is 77.9 Å². The largest absolute Gasteiger partial charge is 0.418 e. The van der Waals surface area contributed by atoms with Gasteiger partial charge in [0.15, 0.2) is 0 Å². The summed E-state index contributed by atoms with van der Waals surface area (Å²) >= 11 is 0. The van der Waals surface area contributed by atoms with Crippen LogP contribution in [0, 0.1) is 6.07 Å². The Morgan fingerprint density at radius 1 is 1.00 bits per heavy atom. The maximum absolute atomic E-state index is 13.1. The molecule has 3 rings (SSSR count). The van der Waals surface area contributed by atoms with E-state index < -0.39 is 11.7 Å². The first-order valence-electron chi connectivity index (χ1n) is 7.28. The smallest absolute Gasteiger partial charge is 0.378 e. The van der Waals surface area contributed by atoms with Crippen LogP contribution < -0.4 is 5.32 Å². The van der Waals surface area contributed by atoms with Gasteiger partial charge in [-0.1, -0.05) is 48.5 Å².